The molecule has 0 aliphatic heterocycles. The molecule has 0 amide bonds. The maximum absolute atomic E-state index is 13.0. The zero-order valence-electron chi connectivity index (χ0n) is 17.8. The first-order valence-electron chi connectivity index (χ1n) is 10.1. The molecule has 160 valence electrons. The van der Waals surface area contributed by atoms with Gasteiger partial charge in [0.05, 0.1) is 11.5 Å². The molecule has 0 saturated carbocycles. The fourth-order valence-electron chi connectivity index (χ4n) is 3.71. The molecule has 0 spiro atoms. The molecule has 0 atom stereocenters. The molecule has 0 saturated heterocycles. The Morgan fingerprint density at radius 2 is 1.61 bits per heavy atom. The molecule has 0 radical (unpaired) electrons. The third kappa shape index (κ3) is 4.22. The highest BCUT2D eigenvalue weighted by Gasteiger charge is 2.19. The van der Waals surface area contributed by atoms with E-state index < -0.39 is 10.0 Å². The summed E-state index contributed by atoms with van der Waals surface area (Å²) in [4.78, 5) is 3.44. The number of aromatic amines is 1. The normalized spacial score (nSPS) is 12.3. The van der Waals surface area contributed by atoms with Crippen molar-refractivity contribution in [3.63, 3.8) is 0 Å². The van der Waals surface area contributed by atoms with Crippen LogP contribution in [-0.4, -0.2) is 18.5 Å². The van der Waals surface area contributed by atoms with Crippen LogP contribution in [0.15, 0.2) is 77.7 Å². The van der Waals surface area contributed by atoms with Crippen LogP contribution < -0.4 is 4.72 Å². The second-order valence-electron chi connectivity index (χ2n) is 8.64. The second-order valence-corrected chi connectivity index (χ2v) is 10.3. The molecule has 6 heteroatoms. The first kappa shape index (κ1) is 21.2. The van der Waals surface area contributed by atoms with E-state index in [1.807, 2.05) is 48.5 Å². The molecule has 3 N–H and O–H groups in total. The predicted molar refractivity (Wildman–Crippen MR) is 126 cm³/mol. The predicted octanol–water partition coefficient (Wildman–Crippen LogP) is 5.43. The molecule has 31 heavy (non-hydrogen) atoms. The van der Waals surface area contributed by atoms with Gasteiger partial charge >= 0.3 is 0 Å². The summed E-state index contributed by atoms with van der Waals surface area (Å²) in [6, 6.07) is 22.0. The number of aliphatic hydroxyl groups excluding tert-OH is 1. The van der Waals surface area contributed by atoms with Gasteiger partial charge in [-0.25, -0.2) is 8.42 Å². The minimum Gasteiger partial charge on any atom is -0.390 e. The smallest absolute Gasteiger partial charge is 0.261 e. The first-order valence-corrected chi connectivity index (χ1v) is 11.6. The van der Waals surface area contributed by atoms with E-state index in [1.165, 1.54) is 0 Å². The van der Waals surface area contributed by atoms with E-state index in [0.29, 0.717) is 11.4 Å². The van der Waals surface area contributed by atoms with Gasteiger partial charge in [0, 0.05) is 27.8 Å². The highest BCUT2D eigenvalue weighted by atomic mass is 32.2. The number of nitrogens with one attached hydrogen (secondary N) is 2. The van der Waals surface area contributed by atoms with Crippen LogP contribution in [0.4, 0.5) is 5.69 Å². The highest BCUT2D eigenvalue weighted by Crippen LogP contribution is 2.34. The quantitative estimate of drug-likeness (QED) is 0.392. The fourth-order valence-corrected chi connectivity index (χ4v) is 4.76. The number of benzene rings is 3. The third-order valence-corrected chi connectivity index (χ3v) is 6.78. The molecule has 0 unspecified atom stereocenters. The SMILES string of the molecule is CC(C)(C)c1ccc(S(=O)(=O)Nc2ccc3[nH]c(CO)c(-c4ccccc4)c3c2)cc1. The van der Waals surface area contributed by atoms with E-state index >= 15 is 0 Å². The van der Waals surface area contributed by atoms with Gasteiger partial charge < -0.3 is 10.1 Å². The number of H-pyrrole nitrogens is 1. The fraction of sp³-hybridized carbons (Fsp3) is 0.200. The van der Waals surface area contributed by atoms with Crippen molar-refractivity contribution in [3.8, 4) is 11.1 Å². The lowest BCUT2D eigenvalue weighted by Gasteiger charge is -2.19. The maximum atomic E-state index is 13.0. The monoisotopic (exact) mass is 434 g/mol. The highest BCUT2D eigenvalue weighted by molar-refractivity contribution is 7.92. The van der Waals surface area contributed by atoms with Gasteiger partial charge in [-0.15, -0.1) is 0 Å². The van der Waals surface area contributed by atoms with Crippen molar-refractivity contribution in [3.05, 3.63) is 84.1 Å². The summed E-state index contributed by atoms with van der Waals surface area (Å²) in [5, 5.41) is 10.7. The molecule has 3 aromatic carbocycles. The standard InChI is InChI=1S/C25H26N2O3S/c1-25(2,3)18-9-12-20(13-10-18)31(29,30)27-19-11-14-22-21(15-19)24(23(16-28)26-22)17-7-5-4-6-8-17/h4-15,26-28H,16H2,1-3H3. The molecule has 4 aromatic rings. The van der Waals surface area contributed by atoms with Crippen LogP contribution in [0.3, 0.4) is 0 Å². The van der Waals surface area contributed by atoms with Crippen LogP contribution >= 0.6 is 0 Å². The second kappa shape index (κ2) is 7.87. The van der Waals surface area contributed by atoms with Gasteiger partial charge in [0.15, 0.2) is 0 Å². The average Bonchev–Trinajstić information content (AvgIpc) is 3.11. The lowest BCUT2D eigenvalue weighted by molar-refractivity contribution is 0.278. The zero-order chi connectivity index (χ0) is 22.2. The Morgan fingerprint density at radius 3 is 2.23 bits per heavy atom. The van der Waals surface area contributed by atoms with E-state index in [0.717, 1.165) is 27.6 Å². The number of aliphatic hydroxyl groups is 1. The number of aromatic nitrogens is 1. The van der Waals surface area contributed by atoms with Crippen LogP contribution in [0.5, 0.6) is 0 Å². The molecule has 0 bridgehead atoms. The Labute approximate surface area is 182 Å². The number of hydrogen-bond acceptors (Lipinski definition) is 3. The Morgan fingerprint density at radius 1 is 0.935 bits per heavy atom. The molecule has 0 aliphatic rings. The molecule has 1 aromatic heterocycles. The summed E-state index contributed by atoms with van der Waals surface area (Å²) in [5.41, 5.74) is 4.84. The minimum atomic E-state index is -3.73. The summed E-state index contributed by atoms with van der Waals surface area (Å²) in [6.07, 6.45) is 0. The van der Waals surface area contributed by atoms with Gasteiger partial charge in [0.1, 0.15) is 0 Å². The molecule has 1 heterocycles. The van der Waals surface area contributed by atoms with Gasteiger partial charge in [-0.1, -0.05) is 63.2 Å². The van der Waals surface area contributed by atoms with Crippen molar-refractivity contribution >= 4 is 26.6 Å². The van der Waals surface area contributed by atoms with Crippen molar-refractivity contribution in [2.45, 2.75) is 37.7 Å². The molecule has 5 nitrogen and oxygen atoms in total. The van der Waals surface area contributed by atoms with Gasteiger partial charge in [-0.05, 0) is 46.9 Å². The number of anilines is 1. The number of sulfonamides is 1. The minimum absolute atomic E-state index is 0.0483. The topological polar surface area (TPSA) is 82.2 Å². The van der Waals surface area contributed by atoms with E-state index in [2.05, 4.69) is 30.5 Å². The lowest BCUT2D eigenvalue weighted by Crippen LogP contribution is -2.14. The summed E-state index contributed by atoms with van der Waals surface area (Å²) >= 11 is 0. The van der Waals surface area contributed by atoms with Crippen molar-refractivity contribution in [2.24, 2.45) is 0 Å². The molecule has 0 fully saturated rings. The molecular weight excluding hydrogens is 408 g/mol. The summed E-state index contributed by atoms with van der Waals surface area (Å²) < 4.78 is 28.6. The number of fused-ring (bicyclic) bond motifs is 1. The Hall–Kier alpha value is -3.09. The van der Waals surface area contributed by atoms with Gasteiger partial charge in [-0.3, -0.25) is 4.72 Å². The van der Waals surface area contributed by atoms with Crippen molar-refractivity contribution in [1.82, 2.24) is 4.98 Å². The molecule has 0 aliphatic carbocycles. The van der Waals surface area contributed by atoms with E-state index in [1.54, 1.807) is 24.3 Å². The number of rotatable bonds is 5. The third-order valence-electron chi connectivity index (χ3n) is 5.38. The summed E-state index contributed by atoms with van der Waals surface area (Å²) in [7, 11) is -3.73. The number of hydrogen-bond donors (Lipinski definition) is 3. The molecular formula is C25H26N2O3S. The molecule has 4 rings (SSSR count). The van der Waals surface area contributed by atoms with Crippen LogP contribution in [0.1, 0.15) is 32.0 Å². The maximum Gasteiger partial charge on any atom is 0.261 e. The van der Waals surface area contributed by atoms with Crippen LogP contribution in [0, 0.1) is 0 Å². The lowest BCUT2D eigenvalue weighted by atomic mass is 9.87. The van der Waals surface area contributed by atoms with Crippen LogP contribution in [0.25, 0.3) is 22.0 Å². The summed E-state index contributed by atoms with van der Waals surface area (Å²) in [5.74, 6) is 0. The van der Waals surface area contributed by atoms with Gasteiger partial charge in [0.25, 0.3) is 10.0 Å². The van der Waals surface area contributed by atoms with Crippen molar-refractivity contribution in [1.29, 1.82) is 0 Å². The van der Waals surface area contributed by atoms with E-state index in [-0.39, 0.29) is 16.9 Å². The van der Waals surface area contributed by atoms with Crippen molar-refractivity contribution in [2.75, 3.05) is 4.72 Å². The van der Waals surface area contributed by atoms with Crippen LogP contribution in [0.2, 0.25) is 0 Å². The zero-order valence-corrected chi connectivity index (χ0v) is 18.6. The average molecular weight is 435 g/mol. The van der Waals surface area contributed by atoms with Crippen molar-refractivity contribution < 1.29 is 13.5 Å². The van der Waals surface area contributed by atoms with Crippen LogP contribution in [-0.2, 0) is 22.0 Å². The first-order chi connectivity index (χ1) is 14.7. The van der Waals surface area contributed by atoms with E-state index in [9.17, 15) is 13.5 Å². The van der Waals surface area contributed by atoms with Gasteiger partial charge in [-0.2, -0.15) is 0 Å². The van der Waals surface area contributed by atoms with Gasteiger partial charge in [0.2, 0.25) is 0 Å². The largest absolute Gasteiger partial charge is 0.390 e. The Balaban J connectivity index is 1.72. The van der Waals surface area contributed by atoms with E-state index in [4.69, 9.17) is 0 Å². The summed E-state index contributed by atoms with van der Waals surface area (Å²) in [6.45, 7) is 6.13. The Bertz CT molecular complexity index is 1320. The Kier molecular flexibility index (Phi) is 5.37.